The minimum absolute atomic E-state index is 0.379. The third-order valence-corrected chi connectivity index (χ3v) is 7.14. The Bertz CT molecular complexity index is 318. The highest BCUT2D eigenvalue weighted by atomic mass is 32.2. The Kier molecular flexibility index (Phi) is 3.44. The molecule has 2 bridgehead atoms. The number of nitrogens with two attached hydrogens (primary N) is 1. The Morgan fingerprint density at radius 2 is 2.11 bits per heavy atom. The van der Waals surface area contributed by atoms with Crippen molar-refractivity contribution in [1.29, 1.82) is 0 Å². The summed E-state index contributed by atoms with van der Waals surface area (Å²) < 4.78 is 0.460. The van der Waals surface area contributed by atoms with E-state index in [1.165, 1.54) is 50.9 Å². The van der Waals surface area contributed by atoms with Crippen molar-refractivity contribution in [3.05, 3.63) is 0 Å². The summed E-state index contributed by atoms with van der Waals surface area (Å²) in [6.45, 7) is 8.21. The molecule has 3 unspecified atom stereocenters. The van der Waals surface area contributed by atoms with E-state index in [1.807, 2.05) is 0 Å². The molecule has 3 fully saturated rings. The van der Waals surface area contributed by atoms with Crippen LogP contribution >= 0.6 is 11.8 Å². The van der Waals surface area contributed by atoms with Crippen LogP contribution in [-0.2, 0) is 0 Å². The second-order valence-electron chi connectivity index (χ2n) is 7.23. The van der Waals surface area contributed by atoms with Gasteiger partial charge in [0.25, 0.3) is 0 Å². The molecule has 0 spiro atoms. The van der Waals surface area contributed by atoms with Crippen molar-refractivity contribution in [3.63, 3.8) is 0 Å². The van der Waals surface area contributed by atoms with E-state index in [9.17, 15) is 0 Å². The van der Waals surface area contributed by atoms with Crippen molar-refractivity contribution < 1.29 is 0 Å². The third kappa shape index (κ3) is 2.12. The van der Waals surface area contributed by atoms with Gasteiger partial charge in [0.2, 0.25) is 0 Å². The fourth-order valence-corrected chi connectivity index (χ4v) is 5.75. The Balaban J connectivity index is 1.76. The molecule has 18 heavy (non-hydrogen) atoms. The standard InChI is InChI=1S/C15H28N2S/c1-14(2)5-6-17(7-8-18-14)15(11-16)10-12-3-4-13(15)9-12/h12-13H,3-11,16H2,1-2H3. The molecule has 3 heteroatoms. The molecule has 0 aromatic carbocycles. The molecular weight excluding hydrogens is 240 g/mol. The predicted octanol–water partition coefficient (Wildman–Crippen LogP) is 2.72. The van der Waals surface area contributed by atoms with Crippen LogP contribution in [0.3, 0.4) is 0 Å². The van der Waals surface area contributed by atoms with E-state index in [1.54, 1.807) is 0 Å². The summed E-state index contributed by atoms with van der Waals surface area (Å²) in [5.41, 5.74) is 6.64. The number of nitrogens with zero attached hydrogens (tertiary/aromatic N) is 1. The minimum Gasteiger partial charge on any atom is -0.329 e. The van der Waals surface area contributed by atoms with E-state index in [2.05, 4.69) is 30.5 Å². The van der Waals surface area contributed by atoms with E-state index in [0.717, 1.165) is 18.4 Å². The van der Waals surface area contributed by atoms with Gasteiger partial charge in [-0.2, -0.15) is 11.8 Å². The Hall–Kier alpha value is 0.270. The summed E-state index contributed by atoms with van der Waals surface area (Å²) in [5.74, 6) is 3.17. The fraction of sp³-hybridized carbons (Fsp3) is 1.00. The molecule has 3 aliphatic rings. The number of fused-ring (bicyclic) bond motifs is 2. The van der Waals surface area contributed by atoms with Gasteiger partial charge in [-0.3, -0.25) is 4.90 Å². The number of hydrogen-bond acceptors (Lipinski definition) is 3. The van der Waals surface area contributed by atoms with E-state index >= 15 is 0 Å². The maximum absolute atomic E-state index is 6.26. The first-order chi connectivity index (χ1) is 8.56. The lowest BCUT2D eigenvalue weighted by Crippen LogP contribution is -2.58. The topological polar surface area (TPSA) is 29.3 Å². The largest absolute Gasteiger partial charge is 0.329 e. The molecule has 2 N–H and O–H groups in total. The molecule has 2 saturated carbocycles. The van der Waals surface area contributed by atoms with Crippen LogP contribution in [0.4, 0.5) is 0 Å². The molecule has 104 valence electrons. The van der Waals surface area contributed by atoms with Gasteiger partial charge >= 0.3 is 0 Å². The molecule has 0 radical (unpaired) electrons. The van der Waals surface area contributed by atoms with Crippen molar-refractivity contribution in [3.8, 4) is 0 Å². The molecule has 3 atom stereocenters. The minimum atomic E-state index is 0.379. The molecule has 0 aromatic heterocycles. The lowest BCUT2D eigenvalue weighted by Gasteiger charge is -2.46. The van der Waals surface area contributed by atoms with E-state index < -0.39 is 0 Å². The molecule has 2 nitrogen and oxygen atoms in total. The maximum Gasteiger partial charge on any atom is 0.0362 e. The predicted molar refractivity (Wildman–Crippen MR) is 80.0 cm³/mol. The quantitative estimate of drug-likeness (QED) is 0.835. The second kappa shape index (κ2) is 4.68. The zero-order chi connectivity index (χ0) is 12.8. The Morgan fingerprint density at radius 1 is 1.28 bits per heavy atom. The van der Waals surface area contributed by atoms with Crippen LogP contribution < -0.4 is 5.73 Å². The Morgan fingerprint density at radius 3 is 2.72 bits per heavy atom. The van der Waals surface area contributed by atoms with Gasteiger partial charge in [-0.05, 0) is 37.5 Å². The first-order valence-electron chi connectivity index (χ1n) is 7.65. The van der Waals surface area contributed by atoms with Crippen LogP contribution in [-0.4, -0.2) is 40.6 Å². The SMILES string of the molecule is CC1(C)CCN(C2(CN)CC3CCC2C3)CCS1. The van der Waals surface area contributed by atoms with Gasteiger partial charge in [-0.15, -0.1) is 0 Å². The summed E-state index contributed by atoms with van der Waals surface area (Å²) in [4.78, 5) is 2.79. The summed E-state index contributed by atoms with van der Waals surface area (Å²) >= 11 is 2.15. The summed E-state index contributed by atoms with van der Waals surface area (Å²) in [7, 11) is 0. The molecule has 1 saturated heterocycles. The summed E-state index contributed by atoms with van der Waals surface area (Å²) in [6, 6.07) is 0. The van der Waals surface area contributed by atoms with Crippen LogP contribution in [0.2, 0.25) is 0 Å². The number of rotatable bonds is 2. The normalized spacial score (nSPS) is 44.2. The average Bonchev–Trinajstić information content (AvgIpc) is 2.88. The van der Waals surface area contributed by atoms with Crippen molar-refractivity contribution in [2.75, 3.05) is 25.4 Å². The number of thioether (sulfide) groups is 1. The summed E-state index contributed by atoms with van der Waals surface area (Å²) in [5, 5.41) is 0. The first-order valence-corrected chi connectivity index (χ1v) is 8.63. The van der Waals surface area contributed by atoms with E-state index in [-0.39, 0.29) is 0 Å². The lowest BCUT2D eigenvalue weighted by molar-refractivity contribution is 0.0462. The van der Waals surface area contributed by atoms with Crippen LogP contribution in [0.1, 0.15) is 46.0 Å². The number of hydrogen-bond donors (Lipinski definition) is 1. The monoisotopic (exact) mass is 268 g/mol. The molecular formula is C15H28N2S. The summed E-state index contributed by atoms with van der Waals surface area (Å²) in [6.07, 6.45) is 7.08. The lowest BCUT2D eigenvalue weighted by atomic mass is 9.79. The molecule has 0 aromatic rings. The van der Waals surface area contributed by atoms with Crippen LogP contribution in [0, 0.1) is 11.8 Å². The molecule has 0 amide bonds. The zero-order valence-corrected chi connectivity index (χ0v) is 12.8. The van der Waals surface area contributed by atoms with E-state index in [4.69, 9.17) is 5.73 Å². The first kappa shape index (κ1) is 13.3. The molecule has 2 aliphatic carbocycles. The van der Waals surface area contributed by atoms with Crippen molar-refractivity contribution in [2.24, 2.45) is 17.6 Å². The molecule has 3 rings (SSSR count). The van der Waals surface area contributed by atoms with Gasteiger partial charge in [-0.1, -0.05) is 20.3 Å². The molecule has 1 heterocycles. The fourth-order valence-electron chi connectivity index (χ4n) is 4.65. The average molecular weight is 268 g/mol. The van der Waals surface area contributed by atoms with Crippen LogP contribution in [0.25, 0.3) is 0 Å². The molecule has 1 aliphatic heterocycles. The van der Waals surface area contributed by atoms with Crippen molar-refractivity contribution in [1.82, 2.24) is 4.90 Å². The van der Waals surface area contributed by atoms with Gasteiger partial charge in [0, 0.05) is 35.7 Å². The van der Waals surface area contributed by atoms with Gasteiger partial charge in [-0.25, -0.2) is 0 Å². The van der Waals surface area contributed by atoms with Crippen LogP contribution in [0.5, 0.6) is 0 Å². The second-order valence-corrected chi connectivity index (χ2v) is 9.04. The van der Waals surface area contributed by atoms with Gasteiger partial charge < -0.3 is 5.73 Å². The van der Waals surface area contributed by atoms with Crippen molar-refractivity contribution >= 4 is 11.8 Å². The maximum atomic E-state index is 6.26. The highest BCUT2D eigenvalue weighted by Crippen LogP contribution is 2.53. The highest BCUT2D eigenvalue weighted by Gasteiger charge is 2.53. The van der Waals surface area contributed by atoms with Crippen LogP contribution in [0.15, 0.2) is 0 Å². The highest BCUT2D eigenvalue weighted by molar-refractivity contribution is 8.00. The smallest absolute Gasteiger partial charge is 0.0362 e. The third-order valence-electron chi connectivity index (χ3n) is 5.76. The Labute approximate surface area is 116 Å². The van der Waals surface area contributed by atoms with Gasteiger partial charge in [0.05, 0.1) is 0 Å². The zero-order valence-electron chi connectivity index (χ0n) is 12.0. The van der Waals surface area contributed by atoms with E-state index in [0.29, 0.717) is 10.3 Å². The van der Waals surface area contributed by atoms with Gasteiger partial charge in [0.1, 0.15) is 0 Å². The van der Waals surface area contributed by atoms with Crippen molar-refractivity contribution in [2.45, 2.75) is 56.2 Å². The van der Waals surface area contributed by atoms with Gasteiger partial charge in [0.15, 0.2) is 0 Å².